The van der Waals surface area contributed by atoms with Crippen molar-refractivity contribution in [3.8, 4) is 0 Å². The van der Waals surface area contributed by atoms with Crippen LogP contribution < -0.4 is 11.3 Å². The fourth-order valence-electron chi connectivity index (χ4n) is 2.02. The number of fused-ring (bicyclic) bond motifs is 1. The molecule has 4 nitrogen and oxygen atoms in total. The van der Waals surface area contributed by atoms with Crippen LogP contribution in [0.3, 0.4) is 0 Å². The van der Waals surface area contributed by atoms with Crippen LogP contribution in [0.4, 0.5) is 5.82 Å². The van der Waals surface area contributed by atoms with Crippen molar-refractivity contribution in [2.24, 2.45) is 5.84 Å². The van der Waals surface area contributed by atoms with Crippen LogP contribution in [0.2, 0.25) is 0 Å². The number of hydrazine groups is 1. The van der Waals surface area contributed by atoms with Crippen molar-refractivity contribution in [3.05, 3.63) is 54.4 Å². The van der Waals surface area contributed by atoms with Gasteiger partial charge < -0.3 is 5.43 Å². The van der Waals surface area contributed by atoms with Crippen molar-refractivity contribution < 1.29 is 0 Å². The monoisotopic (exact) mass is 282 g/mol. The molecule has 0 bridgehead atoms. The molecule has 0 spiro atoms. The zero-order chi connectivity index (χ0) is 13.9. The Hall–Kier alpha value is -2.11. The Balaban J connectivity index is 1.97. The van der Waals surface area contributed by atoms with E-state index in [1.54, 1.807) is 11.8 Å². The molecule has 0 saturated carbocycles. The van der Waals surface area contributed by atoms with Crippen molar-refractivity contribution in [1.82, 2.24) is 9.97 Å². The molecule has 3 N–H and O–H groups in total. The molecular weight excluding hydrogens is 268 g/mol. The Kier molecular flexibility index (Phi) is 3.54. The lowest BCUT2D eigenvalue weighted by Crippen LogP contribution is -2.10. The highest BCUT2D eigenvalue weighted by Gasteiger charge is 2.08. The van der Waals surface area contributed by atoms with Gasteiger partial charge in [0.25, 0.3) is 0 Å². The van der Waals surface area contributed by atoms with E-state index in [1.807, 2.05) is 19.1 Å². The molecule has 0 aliphatic heterocycles. The lowest BCUT2D eigenvalue weighted by atomic mass is 10.1. The van der Waals surface area contributed by atoms with Gasteiger partial charge in [-0.1, -0.05) is 42.1 Å². The van der Waals surface area contributed by atoms with Crippen LogP contribution in [-0.2, 0) is 0 Å². The van der Waals surface area contributed by atoms with Gasteiger partial charge >= 0.3 is 0 Å². The molecule has 0 fully saturated rings. The van der Waals surface area contributed by atoms with Gasteiger partial charge in [0.2, 0.25) is 0 Å². The SMILES string of the molecule is Cc1c(NN)ncnc1Sc1ccc2ccccc2c1. The molecule has 0 aliphatic rings. The summed E-state index contributed by atoms with van der Waals surface area (Å²) in [5, 5.41) is 3.37. The highest BCUT2D eigenvalue weighted by molar-refractivity contribution is 7.99. The molecule has 0 atom stereocenters. The van der Waals surface area contributed by atoms with Gasteiger partial charge in [-0.2, -0.15) is 0 Å². The third-order valence-corrected chi connectivity index (χ3v) is 4.20. The second-order valence-corrected chi connectivity index (χ2v) is 5.47. The number of nitrogens with two attached hydrogens (primary N) is 1. The first-order valence-corrected chi connectivity index (χ1v) is 7.04. The summed E-state index contributed by atoms with van der Waals surface area (Å²) in [4.78, 5) is 9.55. The van der Waals surface area contributed by atoms with Crippen LogP contribution in [0.1, 0.15) is 5.56 Å². The van der Waals surface area contributed by atoms with Crippen molar-refractivity contribution in [2.75, 3.05) is 5.43 Å². The number of anilines is 1. The number of rotatable bonds is 3. The molecule has 5 heteroatoms. The Morgan fingerprint density at radius 1 is 1.05 bits per heavy atom. The molecule has 3 aromatic rings. The number of benzene rings is 2. The first kappa shape index (κ1) is 12.9. The minimum absolute atomic E-state index is 0.656. The molecule has 20 heavy (non-hydrogen) atoms. The van der Waals surface area contributed by atoms with E-state index in [-0.39, 0.29) is 0 Å². The Labute approximate surface area is 121 Å². The highest BCUT2D eigenvalue weighted by atomic mass is 32.2. The summed E-state index contributed by atoms with van der Waals surface area (Å²) >= 11 is 1.61. The van der Waals surface area contributed by atoms with E-state index in [1.165, 1.54) is 17.1 Å². The summed E-state index contributed by atoms with van der Waals surface area (Å²) in [6, 6.07) is 14.7. The molecule has 1 aromatic heterocycles. The number of aromatic nitrogens is 2. The predicted octanol–water partition coefficient (Wildman–Crippen LogP) is 3.38. The number of hydrogen-bond donors (Lipinski definition) is 2. The molecule has 3 rings (SSSR count). The molecular formula is C15H14N4S. The van der Waals surface area contributed by atoms with Crippen LogP contribution >= 0.6 is 11.8 Å². The Bertz CT molecular complexity index is 758. The normalized spacial score (nSPS) is 10.7. The van der Waals surface area contributed by atoms with Gasteiger partial charge in [0.15, 0.2) is 0 Å². The third kappa shape index (κ3) is 2.45. The van der Waals surface area contributed by atoms with Crippen molar-refractivity contribution in [3.63, 3.8) is 0 Å². The van der Waals surface area contributed by atoms with Crippen LogP contribution in [0, 0.1) is 6.92 Å². The standard InChI is InChI=1S/C15H14N4S/c1-10-14(19-16)17-9-18-15(10)20-13-7-6-11-4-2-3-5-12(11)8-13/h2-9H,16H2,1H3,(H,17,18,19). The van der Waals surface area contributed by atoms with Gasteiger partial charge in [0.05, 0.1) is 0 Å². The minimum Gasteiger partial charge on any atom is -0.308 e. The summed E-state index contributed by atoms with van der Waals surface area (Å²) in [5.41, 5.74) is 3.54. The number of nitrogens with one attached hydrogen (secondary N) is 1. The lowest BCUT2D eigenvalue weighted by molar-refractivity contribution is 0.996. The highest BCUT2D eigenvalue weighted by Crippen LogP contribution is 2.32. The first-order chi connectivity index (χ1) is 9.78. The molecule has 2 aromatic carbocycles. The number of hydrogen-bond acceptors (Lipinski definition) is 5. The third-order valence-electron chi connectivity index (χ3n) is 3.11. The summed E-state index contributed by atoms with van der Waals surface area (Å²) in [5.74, 6) is 6.09. The maximum Gasteiger partial charge on any atom is 0.147 e. The zero-order valence-corrected chi connectivity index (χ0v) is 11.8. The van der Waals surface area contributed by atoms with Crippen LogP contribution in [0.5, 0.6) is 0 Å². The van der Waals surface area contributed by atoms with Gasteiger partial charge in [-0.05, 0) is 29.8 Å². The van der Waals surface area contributed by atoms with E-state index in [0.29, 0.717) is 5.82 Å². The van der Waals surface area contributed by atoms with Gasteiger partial charge in [-0.3, -0.25) is 0 Å². The van der Waals surface area contributed by atoms with E-state index in [9.17, 15) is 0 Å². The summed E-state index contributed by atoms with van der Waals surface area (Å²) < 4.78 is 0. The molecule has 0 saturated heterocycles. The maximum absolute atomic E-state index is 5.44. The topological polar surface area (TPSA) is 63.8 Å². The fourth-order valence-corrected chi connectivity index (χ4v) is 2.92. The average molecular weight is 282 g/mol. The predicted molar refractivity (Wildman–Crippen MR) is 82.7 cm³/mol. The smallest absolute Gasteiger partial charge is 0.147 e. The summed E-state index contributed by atoms with van der Waals surface area (Å²) in [7, 11) is 0. The molecule has 0 aliphatic carbocycles. The van der Waals surface area contributed by atoms with Crippen molar-refractivity contribution in [2.45, 2.75) is 16.8 Å². The minimum atomic E-state index is 0.656. The second kappa shape index (κ2) is 5.48. The number of nitrogens with zero attached hydrogens (tertiary/aromatic N) is 2. The molecule has 0 amide bonds. The largest absolute Gasteiger partial charge is 0.308 e. The molecule has 0 unspecified atom stereocenters. The van der Waals surface area contributed by atoms with Crippen molar-refractivity contribution in [1.29, 1.82) is 0 Å². The van der Waals surface area contributed by atoms with E-state index in [0.717, 1.165) is 15.5 Å². The van der Waals surface area contributed by atoms with E-state index < -0.39 is 0 Å². The zero-order valence-electron chi connectivity index (χ0n) is 11.0. The average Bonchev–Trinajstić information content (AvgIpc) is 2.49. The molecule has 0 radical (unpaired) electrons. The van der Waals surface area contributed by atoms with E-state index in [2.05, 4.69) is 45.7 Å². The van der Waals surface area contributed by atoms with E-state index in [4.69, 9.17) is 5.84 Å². The molecule has 1 heterocycles. The quantitative estimate of drug-likeness (QED) is 0.438. The van der Waals surface area contributed by atoms with Gasteiger partial charge in [0.1, 0.15) is 17.2 Å². The second-order valence-electron chi connectivity index (χ2n) is 4.41. The number of nitrogen functional groups attached to an aromatic ring is 1. The Morgan fingerprint density at radius 2 is 1.85 bits per heavy atom. The summed E-state index contributed by atoms with van der Waals surface area (Å²) in [6.45, 7) is 1.96. The van der Waals surface area contributed by atoms with Gasteiger partial charge in [-0.15, -0.1) is 0 Å². The van der Waals surface area contributed by atoms with Gasteiger partial charge in [-0.25, -0.2) is 15.8 Å². The molecule has 100 valence electrons. The lowest BCUT2D eigenvalue weighted by Gasteiger charge is -2.08. The first-order valence-electron chi connectivity index (χ1n) is 6.23. The van der Waals surface area contributed by atoms with Crippen LogP contribution in [0.25, 0.3) is 10.8 Å². The van der Waals surface area contributed by atoms with Gasteiger partial charge in [0, 0.05) is 10.5 Å². The Morgan fingerprint density at radius 3 is 2.65 bits per heavy atom. The fraction of sp³-hybridized carbons (Fsp3) is 0.0667. The summed E-state index contributed by atoms with van der Waals surface area (Å²) in [6.07, 6.45) is 1.52. The van der Waals surface area contributed by atoms with Crippen LogP contribution in [0.15, 0.2) is 58.7 Å². The maximum atomic E-state index is 5.44. The van der Waals surface area contributed by atoms with Crippen molar-refractivity contribution >= 4 is 28.4 Å². The van der Waals surface area contributed by atoms with E-state index >= 15 is 0 Å². The van der Waals surface area contributed by atoms with Crippen LogP contribution in [-0.4, -0.2) is 9.97 Å².